The average Bonchev–Trinajstić information content (AvgIpc) is 2.86. The lowest BCUT2D eigenvalue weighted by atomic mass is 9.86. The number of thiocarbonyl (C=S) groups is 1. The number of rotatable bonds is 2. The molecular weight excluding hydrogens is 256 g/mol. The van der Waals surface area contributed by atoms with Gasteiger partial charge in [0.15, 0.2) is 0 Å². The zero-order valence-electron chi connectivity index (χ0n) is 11.8. The molecule has 3 fully saturated rings. The van der Waals surface area contributed by atoms with Gasteiger partial charge in [0.25, 0.3) is 0 Å². The van der Waals surface area contributed by atoms with Crippen LogP contribution in [0, 0.1) is 0 Å². The molecule has 3 aliphatic rings. The number of ether oxygens (including phenoxy) is 1. The van der Waals surface area contributed by atoms with E-state index in [2.05, 4.69) is 4.90 Å². The molecule has 4 heteroatoms. The first-order valence-electron chi connectivity index (χ1n) is 7.89. The lowest BCUT2D eigenvalue weighted by molar-refractivity contribution is -0.106. The van der Waals surface area contributed by atoms with Crippen LogP contribution in [0.15, 0.2) is 0 Å². The zero-order valence-corrected chi connectivity index (χ0v) is 12.6. The van der Waals surface area contributed by atoms with Crippen LogP contribution in [-0.2, 0) is 4.74 Å². The Kier molecular flexibility index (Phi) is 4.11. The fraction of sp³-hybridized carbons (Fsp3) is 0.933. The first-order chi connectivity index (χ1) is 9.20. The van der Waals surface area contributed by atoms with Gasteiger partial charge in [0, 0.05) is 12.6 Å². The number of hydrogen-bond donors (Lipinski definition) is 1. The highest BCUT2D eigenvalue weighted by Gasteiger charge is 2.43. The topological polar surface area (TPSA) is 38.5 Å². The molecule has 1 aliphatic carbocycles. The van der Waals surface area contributed by atoms with E-state index in [0.717, 1.165) is 19.4 Å². The molecule has 0 amide bonds. The molecule has 2 heterocycles. The molecule has 2 saturated heterocycles. The highest BCUT2D eigenvalue weighted by Crippen LogP contribution is 2.42. The van der Waals surface area contributed by atoms with E-state index in [0.29, 0.717) is 17.1 Å². The Morgan fingerprint density at radius 2 is 1.95 bits per heavy atom. The van der Waals surface area contributed by atoms with Gasteiger partial charge in [0.05, 0.1) is 16.6 Å². The summed E-state index contributed by atoms with van der Waals surface area (Å²) in [6.45, 7) is 2.09. The van der Waals surface area contributed by atoms with Crippen LogP contribution >= 0.6 is 12.2 Å². The third-order valence-corrected chi connectivity index (χ3v) is 5.60. The van der Waals surface area contributed by atoms with E-state index < -0.39 is 0 Å². The van der Waals surface area contributed by atoms with Crippen molar-refractivity contribution in [3.05, 3.63) is 0 Å². The Morgan fingerprint density at radius 3 is 2.68 bits per heavy atom. The van der Waals surface area contributed by atoms with Crippen molar-refractivity contribution in [3.63, 3.8) is 0 Å². The molecule has 0 bridgehead atoms. The van der Waals surface area contributed by atoms with Gasteiger partial charge >= 0.3 is 0 Å². The predicted octanol–water partition coefficient (Wildman–Crippen LogP) is 2.62. The Bertz CT molecular complexity index is 341. The van der Waals surface area contributed by atoms with E-state index in [9.17, 15) is 0 Å². The normalized spacial score (nSPS) is 35.6. The van der Waals surface area contributed by atoms with Gasteiger partial charge < -0.3 is 10.5 Å². The Hall–Kier alpha value is -0.190. The minimum absolute atomic E-state index is 0.196. The van der Waals surface area contributed by atoms with Crippen molar-refractivity contribution in [2.24, 2.45) is 5.73 Å². The molecule has 0 aromatic rings. The van der Waals surface area contributed by atoms with Crippen LogP contribution in [0.25, 0.3) is 0 Å². The standard InChI is InChI=1S/C15H26N2OS/c16-14(19)13-5-1-4-9-17(13)12-6-10-18-15(11-12)7-2-3-8-15/h12-13H,1-11H2,(H2,16,19). The van der Waals surface area contributed by atoms with Crippen LogP contribution in [0.3, 0.4) is 0 Å². The van der Waals surface area contributed by atoms with Gasteiger partial charge in [0.1, 0.15) is 0 Å². The largest absolute Gasteiger partial charge is 0.392 e. The van der Waals surface area contributed by atoms with E-state index in [1.54, 1.807) is 0 Å². The van der Waals surface area contributed by atoms with E-state index in [-0.39, 0.29) is 5.60 Å². The van der Waals surface area contributed by atoms with Crippen molar-refractivity contribution in [3.8, 4) is 0 Å². The molecule has 1 saturated carbocycles. The number of piperidine rings is 1. The molecule has 3 rings (SSSR count). The summed E-state index contributed by atoms with van der Waals surface area (Å²) in [4.78, 5) is 3.31. The average molecular weight is 282 g/mol. The molecule has 0 radical (unpaired) electrons. The molecule has 2 atom stereocenters. The summed E-state index contributed by atoms with van der Waals surface area (Å²) >= 11 is 5.29. The van der Waals surface area contributed by atoms with Gasteiger partial charge in [-0.05, 0) is 45.1 Å². The molecular formula is C15H26N2OS. The highest BCUT2D eigenvalue weighted by atomic mass is 32.1. The number of likely N-dealkylation sites (tertiary alicyclic amines) is 1. The van der Waals surface area contributed by atoms with Crippen molar-refractivity contribution in [2.45, 2.75) is 75.5 Å². The smallest absolute Gasteiger partial charge is 0.0902 e. The Balaban J connectivity index is 1.71. The molecule has 1 spiro atoms. The molecule has 3 nitrogen and oxygen atoms in total. The number of hydrogen-bond acceptors (Lipinski definition) is 3. The molecule has 2 unspecified atom stereocenters. The van der Waals surface area contributed by atoms with E-state index in [1.165, 1.54) is 51.5 Å². The first kappa shape index (κ1) is 13.8. The van der Waals surface area contributed by atoms with Crippen LogP contribution in [0.5, 0.6) is 0 Å². The summed E-state index contributed by atoms with van der Waals surface area (Å²) < 4.78 is 6.15. The second-order valence-electron chi connectivity index (χ2n) is 6.54. The van der Waals surface area contributed by atoms with Gasteiger partial charge in [-0.3, -0.25) is 4.90 Å². The monoisotopic (exact) mass is 282 g/mol. The lowest BCUT2D eigenvalue weighted by Gasteiger charge is -2.47. The maximum absolute atomic E-state index is 6.15. The minimum atomic E-state index is 0.196. The van der Waals surface area contributed by atoms with Gasteiger partial charge in [-0.15, -0.1) is 0 Å². The summed E-state index contributed by atoms with van der Waals surface area (Å²) in [5, 5.41) is 0. The third-order valence-electron chi connectivity index (χ3n) is 5.32. The van der Waals surface area contributed by atoms with Crippen LogP contribution in [0.2, 0.25) is 0 Å². The van der Waals surface area contributed by atoms with Gasteiger partial charge in [-0.2, -0.15) is 0 Å². The molecule has 2 aliphatic heterocycles. The fourth-order valence-electron chi connectivity index (χ4n) is 4.35. The van der Waals surface area contributed by atoms with Crippen molar-refractivity contribution >= 4 is 17.2 Å². The second kappa shape index (κ2) is 5.66. The van der Waals surface area contributed by atoms with Gasteiger partial charge in [0.2, 0.25) is 0 Å². The van der Waals surface area contributed by atoms with E-state index >= 15 is 0 Å². The summed E-state index contributed by atoms with van der Waals surface area (Å²) in [5.41, 5.74) is 6.16. The molecule has 0 aromatic heterocycles. The fourth-order valence-corrected chi connectivity index (χ4v) is 4.60. The van der Waals surface area contributed by atoms with Crippen molar-refractivity contribution in [1.82, 2.24) is 4.90 Å². The van der Waals surface area contributed by atoms with Crippen LogP contribution in [0.1, 0.15) is 57.8 Å². The SMILES string of the molecule is NC(=S)C1CCCCN1C1CCOC2(CCCC2)C1. The quantitative estimate of drug-likeness (QED) is 0.790. The summed E-state index contributed by atoms with van der Waals surface area (Å²) in [6.07, 6.45) is 11.3. The summed E-state index contributed by atoms with van der Waals surface area (Å²) in [5.74, 6) is 0. The molecule has 19 heavy (non-hydrogen) atoms. The maximum atomic E-state index is 6.15. The lowest BCUT2D eigenvalue weighted by Crippen LogP contribution is -2.55. The van der Waals surface area contributed by atoms with Crippen LogP contribution < -0.4 is 5.73 Å². The summed E-state index contributed by atoms with van der Waals surface area (Å²) in [7, 11) is 0. The van der Waals surface area contributed by atoms with Crippen molar-refractivity contribution < 1.29 is 4.74 Å². The third kappa shape index (κ3) is 2.81. The van der Waals surface area contributed by atoms with Crippen molar-refractivity contribution in [2.75, 3.05) is 13.2 Å². The van der Waals surface area contributed by atoms with Crippen LogP contribution in [-0.4, -0.2) is 40.7 Å². The Morgan fingerprint density at radius 1 is 1.16 bits per heavy atom. The molecule has 108 valence electrons. The first-order valence-corrected chi connectivity index (χ1v) is 8.30. The number of nitrogens with two attached hydrogens (primary N) is 1. The second-order valence-corrected chi connectivity index (χ2v) is 7.01. The van der Waals surface area contributed by atoms with E-state index in [1.807, 2.05) is 0 Å². The van der Waals surface area contributed by atoms with Crippen LogP contribution in [0.4, 0.5) is 0 Å². The van der Waals surface area contributed by atoms with E-state index in [4.69, 9.17) is 22.7 Å². The van der Waals surface area contributed by atoms with Crippen molar-refractivity contribution in [1.29, 1.82) is 0 Å². The molecule has 0 aromatic carbocycles. The maximum Gasteiger partial charge on any atom is 0.0902 e. The van der Waals surface area contributed by atoms with Gasteiger partial charge in [-0.1, -0.05) is 31.5 Å². The van der Waals surface area contributed by atoms with Gasteiger partial charge in [-0.25, -0.2) is 0 Å². The molecule has 2 N–H and O–H groups in total. The Labute approximate surface area is 121 Å². The highest BCUT2D eigenvalue weighted by molar-refractivity contribution is 7.80. The summed E-state index contributed by atoms with van der Waals surface area (Å²) in [6, 6.07) is 0.976. The minimum Gasteiger partial charge on any atom is -0.392 e. The number of nitrogens with zero attached hydrogens (tertiary/aromatic N) is 1. The zero-order chi connectivity index (χ0) is 13.3. The predicted molar refractivity (Wildman–Crippen MR) is 81.3 cm³/mol.